The van der Waals surface area contributed by atoms with Gasteiger partial charge in [-0.05, 0) is 80.9 Å². The Bertz CT molecular complexity index is 1820. The first-order chi connectivity index (χ1) is 23.8. The molecular formula is C38H55N5O8S. The van der Waals surface area contributed by atoms with Gasteiger partial charge in [-0.3, -0.25) is 19.1 Å². The van der Waals surface area contributed by atoms with Crippen molar-refractivity contribution in [3.63, 3.8) is 0 Å². The maximum absolute atomic E-state index is 14.5. The van der Waals surface area contributed by atoms with Gasteiger partial charge in [-0.25, -0.2) is 18.2 Å². The van der Waals surface area contributed by atoms with E-state index in [1.54, 1.807) is 47.7 Å². The fourth-order valence-corrected chi connectivity index (χ4v) is 7.44. The highest BCUT2D eigenvalue weighted by Gasteiger charge is 2.49. The Labute approximate surface area is 307 Å². The van der Waals surface area contributed by atoms with E-state index in [4.69, 9.17) is 9.47 Å². The molecule has 4 amide bonds. The van der Waals surface area contributed by atoms with Crippen LogP contribution in [0.25, 0.3) is 10.8 Å². The van der Waals surface area contributed by atoms with Crippen molar-refractivity contribution >= 4 is 44.6 Å². The van der Waals surface area contributed by atoms with Gasteiger partial charge in [0.05, 0.1) is 11.8 Å². The number of carbonyl (C=O) groups is 4. The largest absolute Gasteiger partial charge is 0.472 e. The fourth-order valence-electron chi connectivity index (χ4n) is 6.03. The lowest BCUT2D eigenvalue weighted by Crippen LogP contribution is -2.62. The van der Waals surface area contributed by atoms with Gasteiger partial charge in [-0.1, -0.05) is 59.8 Å². The number of nitrogens with zero attached hydrogens (tertiary/aromatic N) is 2. The maximum atomic E-state index is 14.5. The first kappa shape index (κ1) is 40.6. The zero-order chi connectivity index (χ0) is 39.0. The van der Waals surface area contributed by atoms with Crippen LogP contribution in [0.2, 0.25) is 0 Å². The number of alkyl carbamates (subject to hydrolysis) is 1. The lowest BCUT2D eigenvalue weighted by atomic mass is 9.85. The molecular weight excluding hydrogens is 687 g/mol. The van der Waals surface area contributed by atoms with Gasteiger partial charge in [0.2, 0.25) is 27.7 Å². The van der Waals surface area contributed by atoms with E-state index in [0.29, 0.717) is 18.7 Å². The molecule has 2 aromatic rings. The second-order valence-corrected chi connectivity index (χ2v) is 19.2. The Morgan fingerprint density at radius 1 is 1.02 bits per heavy atom. The van der Waals surface area contributed by atoms with E-state index in [1.165, 1.54) is 17.9 Å². The summed E-state index contributed by atoms with van der Waals surface area (Å²) in [5.41, 5.74) is -2.30. The number of aromatic nitrogens is 1. The van der Waals surface area contributed by atoms with Gasteiger partial charge >= 0.3 is 6.09 Å². The lowest BCUT2D eigenvalue weighted by molar-refractivity contribution is -0.143. The smallest absolute Gasteiger partial charge is 0.408 e. The summed E-state index contributed by atoms with van der Waals surface area (Å²) in [4.78, 5) is 60.9. The van der Waals surface area contributed by atoms with Crippen LogP contribution in [0.15, 0.2) is 43.1 Å². The fraction of sp³-hybridized carbons (Fsp3) is 0.605. The molecule has 4 rings (SSSR count). The van der Waals surface area contributed by atoms with Crippen LogP contribution in [0, 0.1) is 5.41 Å². The van der Waals surface area contributed by atoms with Crippen LogP contribution in [0.4, 0.5) is 4.79 Å². The van der Waals surface area contributed by atoms with E-state index in [1.807, 2.05) is 18.2 Å². The molecule has 0 spiro atoms. The summed E-state index contributed by atoms with van der Waals surface area (Å²) in [6, 6.07) is 5.65. The van der Waals surface area contributed by atoms with E-state index in [-0.39, 0.29) is 24.8 Å². The average molecular weight is 742 g/mol. The molecule has 14 heteroatoms. The topological polar surface area (TPSA) is 173 Å². The summed E-state index contributed by atoms with van der Waals surface area (Å²) in [7, 11) is -3.92. The molecule has 1 aromatic carbocycles. The predicted octanol–water partition coefficient (Wildman–Crippen LogP) is 4.88. The number of fused-ring (bicyclic) bond motifs is 1. The molecule has 13 nitrogen and oxygen atoms in total. The van der Waals surface area contributed by atoms with Crippen molar-refractivity contribution in [3.05, 3.63) is 48.7 Å². The zero-order valence-corrected chi connectivity index (χ0v) is 32.9. The second kappa shape index (κ2) is 14.7. The summed E-state index contributed by atoms with van der Waals surface area (Å²) >= 11 is 0. The molecule has 2 heterocycles. The number of nitrogens with one attached hydrogen (secondary N) is 3. The Morgan fingerprint density at radius 2 is 1.67 bits per heavy atom. The summed E-state index contributed by atoms with van der Waals surface area (Å²) < 4.78 is 39.4. The van der Waals surface area contributed by atoms with Crippen molar-refractivity contribution in [2.24, 2.45) is 5.41 Å². The van der Waals surface area contributed by atoms with E-state index in [0.717, 1.165) is 16.3 Å². The first-order valence-electron chi connectivity index (χ1n) is 17.7. The number of sulfonamides is 1. The molecule has 2 fully saturated rings. The summed E-state index contributed by atoms with van der Waals surface area (Å²) in [5.74, 6) is -1.84. The van der Waals surface area contributed by atoms with Gasteiger partial charge in [0, 0.05) is 18.0 Å². The van der Waals surface area contributed by atoms with Crippen molar-refractivity contribution in [1.29, 1.82) is 0 Å². The SMILES string of the molecule is C=CC[C@](C)(NC(=O)[C@@H]1C[C@@H](Oc2nccc3cc(C(C)(C)C)ccc23)CN1C(=O)[C@@H](NC(=O)OC(C)(C)C)C(C)(C)C)C(=O)NS(=O)(=O)C1CC1. The van der Waals surface area contributed by atoms with Crippen molar-refractivity contribution in [2.45, 2.75) is 135 Å². The number of ether oxygens (including phenoxy) is 2. The molecule has 1 saturated heterocycles. The highest BCUT2D eigenvalue weighted by Crippen LogP contribution is 2.33. The molecule has 286 valence electrons. The van der Waals surface area contributed by atoms with E-state index in [9.17, 15) is 27.6 Å². The number of hydrogen-bond acceptors (Lipinski definition) is 9. The highest BCUT2D eigenvalue weighted by atomic mass is 32.2. The van der Waals surface area contributed by atoms with E-state index >= 15 is 0 Å². The molecule has 3 N–H and O–H groups in total. The summed E-state index contributed by atoms with van der Waals surface area (Å²) in [6.45, 7) is 21.9. The average Bonchev–Trinajstić information content (AvgIpc) is 3.78. The van der Waals surface area contributed by atoms with Crippen LogP contribution >= 0.6 is 0 Å². The van der Waals surface area contributed by atoms with E-state index < -0.39 is 73.8 Å². The number of amides is 4. The molecule has 0 unspecified atom stereocenters. The Kier molecular flexibility index (Phi) is 11.4. The minimum Gasteiger partial charge on any atom is -0.472 e. The minimum atomic E-state index is -3.92. The van der Waals surface area contributed by atoms with Crippen molar-refractivity contribution < 1.29 is 37.1 Å². The van der Waals surface area contributed by atoms with Crippen LogP contribution in [0.3, 0.4) is 0 Å². The summed E-state index contributed by atoms with van der Waals surface area (Å²) in [5, 5.41) is 6.44. The number of carbonyl (C=O) groups excluding carboxylic acids is 4. The van der Waals surface area contributed by atoms with Gasteiger partial charge in [-0.2, -0.15) is 0 Å². The van der Waals surface area contributed by atoms with Gasteiger partial charge in [0.25, 0.3) is 5.91 Å². The third-order valence-corrected chi connectivity index (χ3v) is 11.0. The zero-order valence-electron chi connectivity index (χ0n) is 32.1. The summed E-state index contributed by atoms with van der Waals surface area (Å²) in [6.07, 6.45) is 2.36. The maximum Gasteiger partial charge on any atom is 0.408 e. The molecule has 1 aliphatic carbocycles. The molecule has 2 aliphatic rings. The molecule has 0 radical (unpaired) electrons. The third kappa shape index (κ3) is 9.81. The van der Waals surface area contributed by atoms with Gasteiger partial charge < -0.3 is 25.0 Å². The van der Waals surface area contributed by atoms with Crippen LogP contribution in [-0.2, 0) is 34.6 Å². The second-order valence-electron chi connectivity index (χ2n) is 17.2. The quantitative estimate of drug-likeness (QED) is 0.272. The Hall–Kier alpha value is -4.20. The minimum absolute atomic E-state index is 0.0190. The van der Waals surface area contributed by atoms with Gasteiger partial charge in [0.1, 0.15) is 29.3 Å². The lowest BCUT2D eigenvalue weighted by Gasteiger charge is -2.36. The number of rotatable bonds is 11. The molecule has 0 bridgehead atoms. The van der Waals surface area contributed by atoms with Crippen molar-refractivity contribution in [2.75, 3.05) is 6.54 Å². The van der Waals surface area contributed by atoms with Crippen LogP contribution in [0.5, 0.6) is 5.88 Å². The highest BCUT2D eigenvalue weighted by molar-refractivity contribution is 7.91. The predicted molar refractivity (Wildman–Crippen MR) is 199 cm³/mol. The van der Waals surface area contributed by atoms with E-state index in [2.05, 4.69) is 53.8 Å². The van der Waals surface area contributed by atoms with Crippen LogP contribution in [-0.4, -0.2) is 83.2 Å². The van der Waals surface area contributed by atoms with Crippen LogP contribution in [0.1, 0.15) is 100 Å². The molecule has 1 aromatic heterocycles. The van der Waals surface area contributed by atoms with Crippen molar-refractivity contribution in [3.8, 4) is 5.88 Å². The normalized spacial score (nSPS) is 20.0. The molecule has 52 heavy (non-hydrogen) atoms. The van der Waals surface area contributed by atoms with Crippen molar-refractivity contribution in [1.82, 2.24) is 25.2 Å². The standard InChI is InChI=1S/C38H55N5O8S/c1-12-18-38(11,33(46)42-52(48,49)26-14-15-26)41-30(44)28-21-25(50-31-27-16-13-24(35(2,3)4)20-23(27)17-19-39-31)22-43(28)32(45)29(36(5,6)7)40-34(47)51-37(8,9)10/h12-13,16-17,19-20,25-26,28-29H,1,14-15,18,21-22H2,2-11H3,(H,40,47)(H,41,44)(H,42,46)/t25-,28+,29-,38+/m1/s1. The first-order valence-corrected chi connectivity index (χ1v) is 19.2. The number of pyridine rings is 1. The third-order valence-electron chi connectivity index (χ3n) is 9.15. The molecule has 4 atom stereocenters. The van der Waals surface area contributed by atoms with Crippen LogP contribution < -0.4 is 20.1 Å². The number of hydrogen-bond donors (Lipinski definition) is 3. The molecule has 1 aliphatic heterocycles. The number of benzene rings is 1. The number of likely N-dealkylation sites (tertiary alicyclic amines) is 1. The monoisotopic (exact) mass is 741 g/mol. The Balaban J connectivity index is 1.68. The van der Waals surface area contributed by atoms with Gasteiger partial charge in [-0.15, -0.1) is 6.58 Å². The molecule has 1 saturated carbocycles. The Morgan fingerprint density at radius 3 is 2.23 bits per heavy atom. The van der Waals surface area contributed by atoms with Gasteiger partial charge in [0.15, 0.2) is 0 Å².